The van der Waals surface area contributed by atoms with E-state index < -0.39 is 0 Å². The lowest BCUT2D eigenvalue weighted by Gasteiger charge is -2.12. The molecule has 0 saturated heterocycles. The second kappa shape index (κ2) is 6.18. The molecule has 18 heavy (non-hydrogen) atoms. The summed E-state index contributed by atoms with van der Waals surface area (Å²) >= 11 is 12.9. The molecule has 2 aromatic rings. The molecule has 1 unspecified atom stereocenters. The van der Waals surface area contributed by atoms with E-state index in [4.69, 9.17) is 11.6 Å². The summed E-state index contributed by atoms with van der Waals surface area (Å²) < 4.78 is 14.4. The summed E-state index contributed by atoms with van der Waals surface area (Å²) in [7, 11) is 0. The largest absolute Gasteiger partial charge is 0.207 e. The van der Waals surface area contributed by atoms with E-state index >= 15 is 0 Å². The van der Waals surface area contributed by atoms with Crippen molar-refractivity contribution in [1.82, 2.24) is 0 Å². The minimum Gasteiger partial charge on any atom is -0.207 e. The lowest BCUT2D eigenvalue weighted by atomic mass is 10.0. The van der Waals surface area contributed by atoms with Gasteiger partial charge in [-0.15, -0.1) is 0 Å². The van der Waals surface area contributed by atoms with Crippen molar-refractivity contribution in [3.05, 3.63) is 68.9 Å². The van der Waals surface area contributed by atoms with Crippen LogP contribution in [0.5, 0.6) is 0 Å². The Morgan fingerprint density at radius 2 is 1.89 bits per heavy atom. The molecular formula is C14H10Br2ClF. The molecule has 0 saturated carbocycles. The number of benzene rings is 2. The van der Waals surface area contributed by atoms with Crippen molar-refractivity contribution >= 4 is 43.5 Å². The standard InChI is InChI=1S/C14H10Br2ClF/c15-11(8-10-3-1-2-4-14(10)18)9-5-6-13(17)12(16)7-9/h1-7,11H,8H2. The van der Waals surface area contributed by atoms with Crippen molar-refractivity contribution < 1.29 is 4.39 Å². The second-order valence-corrected chi connectivity index (χ2v) is 6.30. The first-order chi connectivity index (χ1) is 8.58. The average Bonchev–Trinajstić information content (AvgIpc) is 2.35. The maximum atomic E-state index is 13.6. The average molecular weight is 392 g/mol. The monoisotopic (exact) mass is 390 g/mol. The molecule has 0 N–H and O–H groups in total. The zero-order valence-corrected chi connectivity index (χ0v) is 13.3. The van der Waals surface area contributed by atoms with Gasteiger partial charge in [0.25, 0.3) is 0 Å². The van der Waals surface area contributed by atoms with Crippen LogP contribution >= 0.6 is 43.5 Å². The highest BCUT2D eigenvalue weighted by Crippen LogP contribution is 2.32. The van der Waals surface area contributed by atoms with Crippen LogP contribution in [0.15, 0.2) is 46.9 Å². The van der Waals surface area contributed by atoms with Gasteiger partial charge in [-0.2, -0.15) is 0 Å². The van der Waals surface area contributed by atoms with Gasteiger partial charge in [-0.3, -0.25) is 0 Å². The van der Waals surface area contributed by atoms with Gasteiger partial charge in [-0.05, 0) is 51.7 Å². The first kappa shape index (κ1) is 14.0. The van der Waals surface area contributed by atoms with Crippen LogP contribution in [0.3, 0.4) is 0 Å². The van der Waals surface area contributed by atoms with Crippen LogP contribution in [0, 0.1) is 5.82 Å². The molecule has 0 aliphatic heterocycles. The summed E-state index contributed by atoms with van der Waals surface area (Å²) in [5.41, 5.74) is 1.76. The first-order valence-electron chi connectivity index (χ1n) is 5.40. The molecule has 0 radical (unpaired) electrons. The Morgan fingerprint density at radius 1 is 1.17 bits per heavy atom. The van der Waals surface area contributed by atoms with E-state index in [9.17, 15) is 4.39 Å². The predicted octanol–water partition coefficient (Wildman–Crippen LogP) is 5.92. The zero-order valence-electron chi connectivity index (χ0n) is 9.34. The van der Waals surface area contributed by atoms with Crippen LogP contribution in [-0.4, -0.2) is 0 Å². The highest BCUT2D eigenvalue weighted by Gasteiger charge is 2.12. The predicted molar refractivity (Wildman–Crippen MR) is 80.9 cm³/mol. The van der Waals surface area contributed by atoms with Crippen LogP contribution < -0.4 is 0 Å². The van der Waals surface area contributed by atoms with Gasteiger partial charge in [-0.25, -0.2) is 4.39 Å². The molecule has 0 aliphatic carbocycles. The lowest BCUT2D eigenvalue weighted by molar-refractivity contribution is 0.608. The maximum Gasteiger partial charge on any atom is 0.126 e. The third-order valence-corrected chi connectivity index (χ3v) is 4.73. The highest BCUT2D eigenvalue weighted by molar-refractivity contribution is 9.10. The summed E-state index contributed by atoms with van der Waals surface area (Å²) in [6.07, 6.45) is 0.598. The molecule has 0 spiro atoms. The van der Waals surface area contributed by atoms with Crippen LogP contribution in [0.4, 0.5) is 4.39 Å². The molecular weight excluding hydrogens is 382 g/mol. The van der Waals surface area contributed by atoms with Gasteiger partial charge in [0.15, 0.2) is 0 Å². The van der Waals surface area contributed by atoms with Crippen molar-refractivity contribution in [2.24, 2.45) is 0 Å². The fourth-order valence-electron chi connectivity index (χ4n) is 1.68. The van der Waals surface area contributed by atoms with Crippen LogP contribution in [0.2, 0.25) is 5.02 Å². The third-order valence-electron chi connectivity index (χ3n) is 2.66. The Kier molecular flexibility index (Phi) is 4.82. The SMILES string of the molecule is Fc1ccccc1CC(Br)c1ccc(Cl)c(Br)c1. The molecule has 4 heteroatoms. The molecule has 0 heterocycles. The van der Waals surface area contributed by atoms with Crippen molar-refractivity contribution in [1.29, 1.82) is 0 Å². The van der Waals surface area contributed by atoms with Gasteiger partial charge >= 0.3 is 0 Å². The molecule has 0 bridgehead atoms. The Hall–Kier alpha value is -0.380. The van der Waals surface area contributed by atoms with Crippen molar-refractivity contribution in [3.8, 4) is 0 Å². The number of hydrogen-bond acceptors (Lipinski definition) is 0. The van der Waals surface area contributed by atoms with Gasteiger partial charge in [0.1, 0.15) is 5.82 Å². The van der Waals surface area contributed by atoms with Gasteiger partial charge in [0.2, 0.25) is 0 Å². The Balaban J connectivity index is 2.19. The van der Waals surface area contributed by atoms with E-state index in [0.29, 0.717) is 17.0 Å². The van der Waals surface area contributed by atoms with Crippen molar-refractivity contribution in [3.63, 3.8) is 0 Å². The summed E-state index contributed by atoms with van der Waals surface area (Å²) in [6, 6.07) is 12.5. The number of rotatable bonds is 3. The van der Waals surface area contributed by atoms with Gasteiger partial charge < -0.3 is 0 Å². The lowest BCUT2D eigenvalue weighted by Crippen LogP contribution is -1.98. The normalized spacial score (nSPS) is 12.4. The topological polar surface area (TPSA) is 0 Å². The Bertz CT molecular complexity index is 557. The van der Waals surface area contributed by atoms with E-state index in [-0.39, 0.29) is 10.6 Å². The number of alkyl halides is 1. The summed E-state index contributed by atoms with van der Waals surface area (Å²) in [6.45, 7) is 0. The quantitative estimate of drug-likeness (QED) is 0.569. The summed E-state index contributed by atoms with van der Waals surface area (Å²) in [4.78, 5) is 0.0583. The van der Waals surface area contributed by atoms with Crippen molar-refractivity contribution in [2.75, 3.05) is 0 Å². The van der Waals surface area contributed by atoms with E-state index in [0.717, 1.165) is 10.0 Å². The van der Waals surface area contributed by atoms with Crippen molar-refractivity contribution in [2.45, 2.75) is 11.2 Å². The maximum absolute atomic E-state index is 13.6. The van der Waals surface area contributed by atoms with Gasteiger partial charge in [0.05, 0.1) is 5.02 Å². The van der Waals surface area contributed by atoms with Gasteiger partial charge in [0, 0.05) is 9.30 Å². The van der Waals surface area contributed by atoms with E-state index in [1.165, 1.54) is 6.07 Å². The summed E-state index contributed by atoms with van der Waals surface area (Å²) in [5.74, 6) is -0.171. The fraction of sp³-hybridized carbons (Fsp3) is 0.143. The Morgan fingerprint density at radius 3 is 2.56 bits per heavy atom. The molecule has 1 atom stereocenters. The zero-order chi connectivity index (χ0) is 13.1. The smallest absolute Gasteiger partial charge is 0.126 e. The van der Waals surface area contributed by atoms with Gasteiger partial charge in [-0.1, -0.05) is 51.8 Å². The molecule has 2 rings (SSSR count). The third kappa shape index (κ3) is 3.34. The van der Waals surface area contributed by atoms with Crippen LogP contribution in [-0.2, 0) is 6.42 Å². The summed E-state index contributed by atoms with van der Waals surface area (Å²) in [5, 5.41) is 0.671. The molecule has 0 aliphatic rings. The Labute approximate surface area is 127 Å². The van der Waals surface area contributed by atoms with E-state index in [2.05, 4.69) is 31.9 Å². The minimum absolute atomic E-state index is 0.0583. The molecule has 0 fully saturated rings. The number of hydrogen-bond donors (Lipinski definition) is 0. The first-order valence-corrected chi connectivity index (χ1v) is 7.49. The molecule has 0 aromatic heterocycles. The van der Waals surface area contributed by atoms with E-state index in [1.54, 1.807) is 12.1 Å². The molecule has 94 valence electrons. The fourth-order valence-corrected chi connectivity index (χ4v) is 2.83. The highest BCUT2D eigenvalue weighted by atomic mass is 79.9. The molecule has 0 nitrogen and oxygen atoms in total. The molecule has 2 aromatic carbocycles. The number of halogens is 4. The van der Waals surface area contributed by atoms with Crippen LogP contribution in [0.25, 0.3) is 0 Å². The van der Waals surface area contributed by atoms with E-state index in [1.807, 2.05) is 24.3 Å². The second-order valence-electron chi connectivity index (χ2n) is 3.94. The minimum atomic E-state index is -0.171. The molecule has 0 amide bonds. The van der Waals surface area contributed by atoms with Crippen LogP contribution in [0.1, 0.15) is 16.0 Å².